The van der Waals surface area contributed by atoms with Crippen molar-refractivity contribution in [1.82, 2.24) is 9.88 Å². The zero-order valence-electron chi connectivity index (χ0n) is 12.4. The van der Waals surface area contributed by atoms with Gasteiger partial charge >= 0.3 is 0 Å². The molecule has 0 saturated heterocycles. The maximum absolute atomic E-state index is 12.3. The maximum Gasteiger partial charge on any atom is 0.269 e. The summed E-state index contributed by atoms with van der Waals surface area (Å²) in [5.41, 5.74) is 1.87. The Bertz CT molecular complexity index is 860. The topological polar surface area (TPSA) is 96.3 Å². The van der Waals surface area contributed by atoms with Crippen LogP contribution in [0, 0.1) is 10.1 Å². The van der Waals surface area contributed by atoms with E-state index in [0.717, 1.165) is 5.56 Å². The van der Waals surface area contributed by atoms with Gasteiger partial charge < -0.3 is 9.88 Å². The molecule has 1 aliphatic heterocycles. The predicted molar refractivity (Wildman–Crippen MR) is 87.5 cm³/mol. The fourth-order valence-corrected chi connectivity index (χ4v) is 3.64. The van der Waals surface area contributed by atoms with Gasteiger partial charge in [-0.3, -0.25) is 19.7 Å². The summed E-state index contributed by atoms with van der Waals surface area (Å²) in [7, 11) is 1.69. The first-order valence-corrected chi connectivity index (χ1v) is 8.05. The largest absolute Gasteiger partial charge is 0.325 e. The lowest BCUT2D eigenvalue weighted by Crippen LogP contribution is -2.21. The molecule has 23 heavy (non-hydrogen) atoms. The number of nitro benzene ring substituents is 1. The number of nitrogens with one attached hydrogen (secondary N) is 1. The molecule has 0 spiro atoms. The third-order valence-electron chi connectivity index (χ3n) is 3.82. The molecule has 8 heteroatoms. The first-order chi connectivity index (χ1) is 10.9. The van der Waals surface area contributed by atoms with Crippen molar-refractivity contribution in [2.45, 2.75) is 5.37 Å². The second-order valence-electron chi connectivity index (χ2n) is 5.14. The van der Waals surface area contributed by atoms with E-state index in [9.17, 15) is 19.7 Å². The van der Waals surface area contributed by atoms with Gasteiger partial charge in [0.15, 0.2) is 0 Å². The molecule has 2 heterocycles. The number of nitrogens with zero attached hydrogens (tertiary/aromatic N) is 2. The van der Waals surface area contributed by atoms with Crippen LogP contribution in [0.3, 0.4) is 0 Å². The summed E-state index contributed by atoms with van der Waals surface area (Å²) in [6, 6.07) is 7.20. The van der Waals surface area contributed by atoms with Crippen molar-refractivity contribution in [1.29, 1.82) is 0 Å². The van der Waals surface area contributed by atoms with Crippen molar-refractivity contribution in [2.75, 3.05) is 13.3 Å². The first kappa shape index (κ1) is 15.3. The molecule has 1 amide bonds. The molecule has 3 rings (SSSR count). The quantitative estimate of drug-likeness (QED) is 0.688. The maximum atomic E-state index is 12.3. The van der Waals surface area contributed by atoms with Crippen molar-refractivity contribution < 1.29 is 9.72 Å². The summed E-state index contributed by atoms with van der Waals surface area (Å²) in [4.78, 5) is 38.8. The number of amides is 1. The molecule has 0 fully saturated rings. The van der Waals surface area contributed by atoms with Crippen molar-refractivity contribution in [3.63, 3.8) is 0 Å². The highest BCUT2D eigenvalue weighted by Gasteiger charge is 2.36. The number of hydrogen-bond acceptors (Lipinski definition) is 5. The number of benzene rings is 1. The molecule has 0 aliphatic carbocycles. The molecular weight excluding hydrogens is 318 g/mol. The molecule has 0 radical (unpaired) electrons. The van der Waals surface area contributed by atoms with Crippen LogP contribution >= 0.6 is 11.8 Å². The molecule has 0 bridgehead atoms. The van der Waals surface area contributed by atoms with Gasteiger partial charge in [-0.05, 0) is 24.0 Å². The van der Waals surface area contributed by atoms with Crippen LogP contribution in [0.4, 0.5) is 5.69 Å². The highest BCUT2D eigenvalue weighted by atomic mass is 32.2. The van der Waals surface area contributed by atoms with E-state index in [4.69, 9.17) is 0 Å². The normalized spacial score (nSPS) is 16.5. The SMILES string of the molecule is CS[C@H]1c2c(cc(=O)[nH]c2-c2ccc([N+](=O)[O-])cc2)C(=O)N1C. The molecule has 1 aromatic heterocycles. The van der Waals surface area contributed by atoms with Crippen LogP contribution in [-0.2, 0) is 0 Å². The molecule has 0 saturated carbocycles. The lowest BCUT2D eigenvalue weighted by molar-refractivity contribution is -0.384. The Hall–Kier alpha value is -2.61. The Balaban J connectivity index is 2.21. The van der Waals surface area contributed by atoms with Gasteiger partial charge in [-0.2, -0.15) is 0 Å². The number of thioether (sulfide) groups is 1. The Morgan fingerprint density at radius 1 is 1.26 bits per heavy atom. The number of hydrogen-bond donors (Lipinski definition) is 1. The van der Waals surface area contributed by atoms with Gasteiger partial charge in [-0.1, -0.05) is 0 Å². The Morgan fingerprint density at radius 2 is 1.91 bits per heavy atom. The highest BCUT2D eigenvalue weighted by Crippen LogP contribution is 2.42. The number of pyridine rings is 1. The van der Waals surface area contributed by atoms with Crippen LogP contribution < -0.4 is 5.56 Å². The number of non-ortho nitro benzene ring substituents is 1. The van der Waals surface area contributed by atoms with Gasteiger partial charge in [-0.15, -0.1) is 11.8 Å². The lowest BCUT2D eigenvalue weighted by atomic mass is 10.0. The molecule has 2 aromatic rings. The fourth-order valence-electron chi connectivity index (χ4n) is 2.75. The second kappa shape index (κ2) is 5.54. The van der Waals surface area contributed by atoms with E-state index in [1.165, 1.54) is 30.0 Å². The number of rotatable bonds is 3. The molecule has 0 unspecified atom stereocenters. The zero-order valence-corrected chi connectivity index (χ0v) is 13.2. The van der Waals surface area contributed by atoms with E-state index in [-0.39, 0.29) is 22.5 Å². The van der Waals surface area contributed by atoms with Crippen LogP contribution in [0.15, 0.2) is 35.1 Å². The van der Waals surface area contributed by atoms with Crippen LogP contribution in [0.5, 0.6) is 0 Å². The van der Waals surface area contributed by atoms with Crippen molar-refractivity contribution in [2.24, 2.45) is 0 Å². The summed E-state index contributed by atoms with van der Waals surface area (Å²) in [6.07, 6.45) is 1.88. The van der Waals surface area contributed by atoms with E-state index in [0.29, 0.717) is 16.8 Å². The number of aromatic amines is 1. The van der Waals surface area contributed by atoms with Crippen LogP contribution in [-0.4, -0.2) is 34.0 Å². The number of carbonyl (C=O) groups is 1. The molecule has 1 atom stereocenters. The average Bonchev–Trinajstić information content (AvgIpc) is 2.78. The zero-order chi connectivity index (χ0) is 16.7. The molecular formula is C15H13N3O4S. The van der Waals surface area contributed by atoms with Gasteiger partial charge in [0, 0.05) is 30.8 Å². The summed E-state index contributed by atoms with van der Waals surface area (Å²) >= 11 is 1.48. The van der Waals surface area contributed by atoms with E-state index >= 15 is 0 Å². The van der Waals surface area contributed by atoms with E-state index in [1.807, 2.05) is 6.26 Å². The molecule has 1 aliphatic rings. The number of fused-ring (bicyclic) bond motifs is 1. The van der Waals surface area contributed by atoms with Crippen molar-refractivity contribution in [3.8, 4) is 11.3 Å². The van der Waals surface area contributed by atoms with Gasteiger partial charge in [-0.25, -0.2) is 0 Å². The minimum atomic E-state index is -0.482. The minimum Gasteiger partial charge on any atom is -0.325 e. The standard InChI is InChI=1S/C15H13N3O4S/c1-17-14(20)10-7-11(19)16-13(12(10)15(17)23-2)8-3-5-9(6-4-8)18(21)22/h3-7,15H,1-2H3,(H,16,19)/t15-/m0/s1. The van der Waals surface area contributed by atoms with Crippen molar-refractivity contribution in [3.05, 3.63) is 61.9 Å². The lowest BCUT2D eigenvalue weighted by Gasteiger charge is -2.19. The third-order valence-corrected chi connectivity index (χ3v) is 4.82. The van der Waals surface area contributed by atoms with Gasteiger partial charge in [0.05, 0.1) is 16.2 Å². The number of carbonyl (C=O) groups excluding carboxylic acids is 1. The number of H-pyrrole nitrogens is 1. The average molecular weight is 331 g/mol. The third kappa shape index (κ3) is 2.40. The minimum absolute atomic E-state index is 0.0294. The van der Waals surface area contributed by atoms with E-state index < -0.39 is 4.92 Å². The smallest absolute Gasteiger partial charge is 0.269 e. The number of aromatic nitrogens is 1. The van der Waals surface area contributed by atoms with Gasteiger partial charge in [0.25, 0.3) is 11.6 Å². The van der Waals surface area contributed by atoms with E-state index in [2.05, 4.69) is 4.98 Å². The predicted octanol–water partition coefficient (Wildman–Crippen LogP) is 2.40. The second-order valence-corrected chi connectivity index (χ2v) is 6.06. The van der Waals surface area contributed by atoms with Gasteiger partial charge in [0.2, 0.25) is 5.56 Å². The van der Waals surface area contributed by atoms with Crippen LogP contribution in [0.1, 0.15) is 21.3 Å². The van der Waals surface area contributed by atoms with Crippen LogP contribution in [0.2, 0.25) is 0 Å². The Kier molecular flexibility index (Phi) is 3.69. The number of nitro groups is 1. The van der Waals surface area contributed by atoms with Gasteiger partial charge in [0.1, 0.15) is 5.37 Å². The Labute approximate surface area is 135 Å². The first-order valence-electron chi connectivity index (χ1n) is 6.76. The summed E-state index contributed by atoms with van der Waals surface area (Å²) in [5, 5.41) is 10.6. The molecule has 118 valence electrons. The summed E-state index contributed by atoms with van der Waals surface area (Å²) < 4.78 is 0. The molecule has 1 N–H and O–H groups in total. The highest BCUT2D eigenvalue weighted by molar-refractivity contribution is 7.98. The summed E-state index contributed by atoms with van der Waals surface area (Å²) in [5.74, 6) is -0.200. The summed E-state index contributed by atoms with van der Waals surface area (Å²) in [6.45, 7) is 0. The van der Waals surface area contributed by atoms with Crippen molar-refractivity contribution >= 4 is 23.4 Å². The molecule has 7 nitrogen and oxygen atoms in total. The fraction of sp³-hybridized carbons (Fsp3) is 0.200. The monoisotopic (exact) mass is 331 g/mol. The van der Waals surface area contributed by atoms with E-state index in [1.54, 1.807) is 24.1 Å². The Morgan fingerprint density at radius 3 is 2.48 bits per heavy atom. The molecule has 1 aromatic carbocycles. The van der Waals surface area contributed by atoms with Crippen LogP contribution in [0.25, 0.3) is 11.3 Å².